The third-order valence-electron chi connectivity index (χ3n) is 4.46. The summed E-state index contributed by atoms with van der Waals surface area (Å²) in [7, 11) is 0. The average Bonchev–Trinajstić information content (AvgIpc) is 3.47. The number of hydrogen-bond acceptors (Lipinski definition) is 3. The minimum absolute atomic E-state index is 0.0282. The van der Waals surface area contributed by atoms with Crippen molar-refractivity contribution in [3.63, 3.8) is 0 Å². The minimum atomic E-state index is -0.0714. The average molecular weight is 366 g/mol. The summed E-state index contributed by atoms with van der Waals surface area (Å²) in [4.78, 5) is 23.6. The van der Waals surface area contributed by atoms with E-state index in [1.54, 1.807) is 0 Å². The number of aryl methyl sites for hydroxylation is 1. The Balaban J connectivity index is 1.34. The molecule has 0 aliphatic heterocycles. The van der Waals surface area contributed by atoms with Crippen LogP contribution in [0.15, 0.2) is 48.5 Å². The Bertz CT molecular complexity index is 765. The molecule has 5 heteroatoms. The molecule has 0 bridgehead atoms. The van der Waals surface area contributed by atoms with Crippen molar-refractivity contribution in [2.45, 2.75) is 38.6 Å². The summed E-state index contributed by atoms with van der Waals surface area (Å²) in [5.41, 5.74) is 3.32. The molecular weight excluding hydrogens is 340 g/mol. The van der Waals surface area contributed by atoms with Crippen LogP contribution in [0.1, 0.15) is 29.5 Å². The van der Waals surface area contributed by atoms with Crippen molar-refractivity contribution < 1.29 is 14.3 Å². The van der Waals surface area contributed by atoms with Gasteiger partial charge in [-0.3, -0.25) is 9.59 Å². The molecule has 0 atom stereocenters. The topological polar surface area (TPSA) is 67.4 Å². The SMILES string of the molecule is Cc1ccc(CC(=O)NCCc2ccc(OCC(=O)NC3CC3)cc2)cc1. The highest BCUT2D eigenvalue weighted by Gasteiger charge is 2.23. The minimum Gasteiger partial charge on any atom is -0.484 e. The fraction of sp³-hybridized carbons (Fsp3) is 0.364. The van der Waals surface area contributed by atoms with Crippen LogP contribution in [0.2, 0.25) is 0 Å². The Hall–Kier alpha value is -2.82. The number of benzene rings is 2. The van der Waals surface area contributed by atoms with Crippen molar-refractivity contribution in [1.29, 1.82) is 0 Å². The first kappa shape index (κ1) is 19.0. The molecule has 2 N–H and O–H groups in total. The Morgan fingerprint density at radius 3 is 2.30 bits per heavy atom. The number of carbonyl (C=O) groups excluding carboxylic acids is 2. The van der Waals surface area contributed by atoms with Crippen molar-refractivity contribution >= 4 is 11.8 Å². The van der Waals surface area contributed by atoms with Gasteiger partial charge in [-0.2, -0.15) is 0 Å². The molecule has 1 saturated carbocycles. The highest BCUT2D eigenvalue weighted by Crippen LogP contribution is 2.18. The van der Waals surface area contributed by atoms with Crippen LogP contribution < -0.4 is 15.4 Å². The van der Waals surface area contributed by atoms with Gasteiger partial charge in [-0.1, -0.05) is 42.0 Å². The zero-order valence-electron chi connectivity index (χ0n) is 15.7. The molecule has 0 aromatic heterocycles. The molecular formula is C22H26N2O3. The predicted octanol–water partition coefficient (Wildman–Crippen LogP) is 2.55. The van der Waals surface area contributed by atoms with Crippen LogP contribution in [0.5, 0.6) is 5.75 Å². The second kappa shape index (κ2) is 9.21. The lowest BCUT2D eigenvalue weighted by molar-refractivity contribution is -0.123. The highest BCUT2D eigenvalue weighted by atomic mass is 16.5. The number of rotatable bonds is 9. The summed E-state index contributed by atoms with van der Waals surface area (Å²) in [6.07, 6.45) is 3.29. The molecule has 1 aliphatic carbocycles. The fourth-order valence-electron chi connectivity index (χ4n) is 2.70. The van der Waals surface area contributed by atoms with Crippen LogP contribution in [-0.4, -0.2) is 31.0 Å². The molecule has 1 fully saturated rings. The second-order valence-electron chi connectivity index (χ2n) is 7.04. The Labute approximate surface area is 160 Å². The first-order chi connectivity index (χ1) is 13.1. The molecule has 2 aromatic rings. The zero-order chi connectivity index (χ0) is 19.1. The molecule has 142 valence electrons. The van der Waals surface area contributed by atoms with Crippen LogP contribution >= 0.6 is 0 Å². The first-order valence-electron chi connectivity index (χ1n) is 9.42. The predicted molar refractivity (Wildman–Crippen MR) is 105 cm³/mol. The van der Waals surface area contributed by atoms with Gasteiger partial charge in [0.25, 0.3) is 5.91 Å². The quantitative estimate of drug-likeness (QED) is 0.717. The molecule has 1 aliphatic rings. The number of nitrogens with one attached hydrogen (secondary N) is 2. The van der Waals surface area contributed by atoms with Crippen LogP contribution in [0.3, 0.4) is 0 Å². The lowest BCUT2D eigenvalue weighted by atomic mass is 10.1. The van der Waals surface area contributed by atoms with Crippen molar-refractivity contribution in [3.8, 4) is 5.75 Å². The van der Waals surface area contributed by atoms with Gasteiger partial charge in [0, 0.05) is 12.6 Å². The molecule has 5 nitrogen and oxygen atoms in total. The van der Waals surface area contributed by atoms with Crippen LogP contribution in [0, 0.1) is 6.92 Å². The summed E-state index contributed by atoms with van der Waals surface area (Å²) in [5, 5.41) is 5.84. The summed E-state index contributed by atoms with van der Waals surface area (Å²) in [6, 6.07) is 16.0. The van der Waals surface area contributed by atoms with E-state index in [0.29, 0.717) is 24.8 Å². The zero-order valence-corrected chi connectivity index (χ0v) is 15.7. The molecule has 27 heavy (non-hydrogen) atoms. The summed E-state index contributed by atoms with van der Waals surface area (Å²) < 4.78 is 5.49. The lowest BCUT2D eigenvalue weighted by Gasteiger charge is -2.08. The van der Waals surface area contributed by atoms with Gasteiger partial charge in [0.1, 0.15) is 5.75 Å². The monoisotopic (exact) mass is 366 g/mol. The molecule has 2 aromatic carbocycles. The molecule has 0 heterocycles. The Morgan fingerprint density at radius 2 is 1.63 bits per heavy atom. The maximum absolute atomic E-state index is 12.0. The molecule has 0 radical (unpaired) electrons. The number of ether oxygens (including phenoxy) is 1. The molecule has 3 rings (SSSR count). The molecule has 0 unspecified atom stereocenters. The van der Waals surface area contributed by atoms with E-state index < -0.39 is 0 Å². The maximum atomic E-state index is 12.0. The number of amides is 2. The van der Waals surface area contributed by atoms with Crippen molar-refractivity contribution in [1.82, 2.24) is 10.6 Å². The van der Waals surface area contributed by atoms with Gasteiger partial charge in [-0.15, -0.1) is 0 Å². The third kappa shape index (κ3) is 6.77. The third-order valence-corrected chi connectivity index (χ3v) is 4.46. The van der Waals surface area contributed by atoms with Crippen LogP contribution in [-0.2, 0) is 22.4 Å². The summed E-state index contributed by atoms with van der Waals surface area (Å²) in [6.45, 7) is 2.67. The van der Waals surface area contributed by atoms with E-state index in [1.165, 1.54) is 5.56 Å². The number of hydrogen-bond donors (Lipinski definition) is 2. The van der Waals surface area contributed by atoms with Crippen molar-refractivity contribution in [3.05, 3.63) is 65.2 Å². The van der Waals surface area contributed by atoms with Gasteiger partial charge < -0.3 is 15.4 Å². The van der Waals surface area contributed by atoms with Gasteiger partial charge in [0.2, 0.25) is 5.91 Å². The smallest absolute Gasteiger partial charge is 0.258 e. The van der Waals surface area contributed by atoms with E-state index in [2.05, 4.69) is 10.6 Å². The van der Waals surface area contributed by atoms with E-state index in [1.807, 2.05) is 55.5 Å². The van der Waals surface area contributed by atoms with Gasteiger partial charge >= 0.3 is 0 Å². The summed E-state index contributed by atoms with van der Waals surface area (Å²) >= 11 is 0. The van der Waals surface area contributed by atoms with Crippen molar-refractivity contribution in [2.24, 2.45) is 0 Å². The second-order valence-corrected chi connectivity index (χ2v) is 7.04. The van der Waals surface area contributed by atoms with E-state index >= 15 is 0 Å². The van der Waals surface area contributed by atoms with Gasteiger partial charge in [0.05, 0.1) is 6.42 Å². The Kier molecular flexibility index (Phi) is 6.47. The molecule has 0 spiro atoms. The normalized spacial score (nSPS) is 13.1. The van der Waals surface area contributed by atoms with E-state index in [4.69, 9.17) is 4.74 Å². The molecule has 2 amide bonds. The fourth-order valence-corrected chi connectivity index (χ4v) is 2.70. The first-order valence-corrected chi connectivity index (χ1v) is 9.42. The molecule has 0 saturated heterocycles. The van der Waals surface area contributed by atoms with Crippen LogP contribution in [0.25, 0.3) is 0 Å². The van der Waals surface area contributed by atoms with E-state index in [-0.39, 0.29) is 18.4 Å². The Morgan fingerprint density at radius 1 is 0.963 bits per heavy atom. The summed E-state index contributed by atoms with van der Waals surface area (Å²) in [5.74, 6) is 0.631. The lowest BCUT2D eigenvalue weighted by Crippen LogP contribution is -2.30. The van der Waals surface area contributed by atoms with E-state index in [0.717, 1.165) is 30.4 Å². The van der Waals surface area contributed by atoms with Gasteiger partial charge in [-0.05, 0) is 49.4 Å². The van der Waals surface area contributed by atoms with Crippen LogP contribution in [0.4, 0.5) is 0 Å². The standard InChI is InChI=1S/C22H26N2O3/c1-16-2-4-18(5-3-16)14-21(25)23-13-12-17-6-10-20(11-7-17)27-15-22(26)24-19-8-9-19/h2-7,10-11,19H,8-9,12-15H2,1H3,(H,23,25)(H,24,26). The maximum Gasteiger partial charge on any atom is 0.258 e. The number of carbonyl (C=O) groups is 2. The van der Waals surface area contributed by atoms with Crippen molar-refractivity contribution in [2.75, 3.05) is 13.2 Å². The largest absolute Gasteiger partial charge is 0.484 e. The van der Waals surface area contributed by atoms with Gasteiger partial charge in [-0.25, -0.2) is 0 Å². The highest BCUT2D eigenvalue weighted by molar-refractivity contribution is 5.78. The van der Waals surface area contributed by atoms with Gasteiger partial charge in [0.15, 0.2) is 6.61 Å². The van der Waals surface area contributed by atoms with E-state index in [9.17, 15) is 9.59 Å².